The summed E-state index contributed by atoms with van der Waals surface area (Å²) in [5.41, 5.74) is 7.76. The standard InChI is InChI=1S/C14H22N4O/c1-11(14(19)16-2)17-6-8-18(9-7-17)13-5-3-4-12(15)10-13/h3-5,10-11H,6-9,15H2,1-2H3,(H,16,19). The Kier molecular flexibility index (Phi) is 4.27. The maximum Gasteiger partial charge on any atom is 0.236 e. The lowest BCUT2D eigenvalue weighted by Gasteiger charge is -2.38. The maximum absolute atomic E-state index is 11.6. The Balaban J connectivity index is 1.94. The largest absolute Gasteiger partial charge is 0.399 e. The Bertz CT molecular complexity index is 441. The number of hydrogen-bond acceptors (Lipinski definition) is 4. The molecule has 1 amide bonds. The highest BCUT2D eigenvalue weighted by Gasteiger charge is 2.24. The molecule has 1 heterocycles. The quantitative estimate of drug-likeness (QED) is 0.780. The molecule has 0 spiro atoms. The molecule has 19 heavy (non-hydrogen) atoms. The molecule has 0 saturated carbocycles. The van der Waals surface area contributed by atoms with Gasteiger partial charge in [-0.05, 0) is 25.1 Å². The number of nitrogens with two attached hydrogens (primary N) is 1. The van der Waals surface area contributed by atoms with E-state index in [0.29, 0.717) is 0 Å². The van der Waals surface area contributed by atoms with Crippen LogP contribution in [0.5, 0.6) is 0 Å². The third-order valence-electron chi connectivity index (χ3n) is 3.72. The van der Waals surface area contributed by atoms with Crippen molar-refractivity contribution < 1.29 is 4.79 Å². The number of nitrogens with one attached hydrogen (secondary N) is 1. The van der Waals surface area contributed by atoms with Crippen molar-refractivity contribution in [2.45, 2.75) is 13.0 Å². The minimum absolute atomic E-state index is 0.0620. The number of piperazine rings is 1. The Morgan fingerprint density at radius 2 is 2.00 bits per heavy atom. The van der Waals surface area contributed by atoms with Crippen LogP contribution in [0, 0.1) is 0 Å². The first-order chi connectivity index (χ1) is 9.11. The molecule has 1 aromatic rings. The Morgan fingerprint density at radius 1 is 1.32 bits per heavy atom. The summed E-state index contributed by atoms with van der Waals surface area (Å²) < 4.78 is 0. The molecule has 0 bridgehead atoms. The summed E-state index contributed by atoms with van der Waals surface area (Å²) in [4.78, 5) is 16.1. The second-order valence-electron chi connectivity index (χ2n) is 4.91. The van der Waals surface area contributed by atoms with E-state index in [9.17, 15) is 4.79 Å². The van der Waals surface area contributed by atoms with Gasteiger partial charge in [-0.15, -0.1) is 0 Å². The average Bonchev–Trinajstić information content (AvgIpc) is 2.46. The summed E-state index contributed by atoms with van der Waals surface area (Å²) in [6.45, 7) is 5.58. The molecule has 0 aliphatic carbocycles. The Hall–Kier alpha value is -1.75. The number of likely N-dealkylation sites (N-methyl/N-ethyl adjacent to an activating group) is 1. The van der Waals surface area contributed by atoms with Crippen LogP contribution in [-0.4, -0.2) is 50.1 Å². The van der Waals surface area contributed by atoms with Gasteiger partial charge in [-0.25, -0.2) is 0 Å². The molecule has 1 aliphatic heterocycles. The van der Waals surface area contributed by atoms with Crippen LogP contribution in [0.2, 0.25) is 0 Å². The zero-order valence-electron chi connectivity index (χ0n) is 11.6. The fraction of sp³-hybridized carbons (Fsp3) is 0.500. The van der Waals surface area contributed by atoms with E-state index in [2.05, 4.69) is 21.2 Å². The predicted molar refractivity (Wildman–Crippen MR) is 78.2 cm³/mol. The van der Waals surface area contributed by atoms with Gasteiger partial charge in [-0.1, -0.05) is 6.07 Å². The first-order valence-corrected chi connectivity index (χ1v) is 6.68. The molecule has 0 radical (unpaired) electrons. The van der Waals surface area contributed by atoms with Crippen LogP contribution < -0.4 is 16.0 Å². The van der Waals surface area contributed by atoms with Crippen molar-refractivity contribution in [3.8, 4) is 0 Å². The van der Waals surface area contributed by atoms with Gasteiger partial charge in [0.2, 0.25) is 5.91 Å². The van der Waals surface area contributed by atoms with E-state index in [1.807, 2.05) is 25.1 Å². The van der Waals surface area contributed by atoms with Gasteiger partial charge >= 0.3 is 0 Å². The SMILES string of the molecule is CNC(=O)C(C)N1CCN(c2cccc(N)c2)CC1. The Morgan fingerprint density at radius 3 is 2.58 bits per heavy atom. The topological polar surface area (TPSA) is 61.6 Å². The number of amides is 1. The molecule has 1 aromatic carbocycles. The molecule has 0 aromatic heterocycles. The van der Waals surface area contributed by atoms with Crippen LogP contribution in [0.25, 0.3) is 0 Å². The highest BCUT2D eigenvalue weighted by atomic mass is 16.2. The van der Waals surface area contributed by atoms with E-state index in [1.165, 1.54) is 0 Å². The highest BCUT2D eigenvalue weighted by Crippen LogP contribution is 2.19. The highest BCUT2D eigenvalue weighted by molar-refractivity contribution is 5.81. The number of carbonyl (C=O) groups is 1. The van der Waals surface area contributed by atoms with E-state index < -0.39 is 0 Å². The van der Waals surface area contributed by atoms with Crippen LogP contribution >= 0.6 is 0 Å². The summed E-state index contributed by atoms with van der Waals surface area (Å²) in [6.07, 6.45) is 0. The first kappa shape index (κ1) is 13.7. The van der Waals surface area contributed by atoms with Gasteiger partial charge in [0.25, 0.3) is 0 Å². The molecule has 1 fully saturated rings. The smallest absolute Gasteiger partial charge is 0.236 e. The summed E-state index contributed by atoms with van der Waals surface area (Å²) in [5, 5.41) is 2.70. The van der Waals surface area contributed by atoms with Crippen molar-refractivity contribution in [3.05, 3.63) is 24.3 Å². The first-order valence-electron chi connectivity index (χ1n) is 6.68. The zero-order valence-corrected chi connectivity index (χ0v) is 11.6. The molecule has 5 heteroatoms. The van der Waals surface area contributed by atoms with E-state index in [0.717, 1.165) is 37.6 Å². The second kappa shape index (κ2) is 5.93. The molecule has 1 saturated heterocycles. The monoisotopic (exact) mass is 262 g/mol. The van der Waals surface area contributed by atoms with Crippen molar-refractivity contribution >= 4 is 17.3 Å². The van der Waals surface area contributed by atoms with Crippen molar-refractivity contribution in [2.75, 3.05) is 43.9 Å². The predicted octanol–water partition coefficient (Wildman–Crippen LogP) is 0.525. The van der Waals surface area contributed by atoms with E-state index in [-0.39, 0.29) is 11.9 Å². The van der Waals surface area contributed by atoms with Crippen molar-refractivity contribution in [1.29, 1.82) is 0 Å². The average molecular weight is 262 g/mol. The van der Waals surface area contributed by atoms with Gasteiger partial charge < -0.3 is 16.0 Å². The van der Waals surface area contributed by atoms with Crippen LogP contribution in [-0.2, 0) is 4.79 Å². The molecule has 3 N–H and O–H groups in total. The Labute approximate surface area is 114 Å². The maximum atomic E-state index is 11.6. The van der Waals surface area contributed by atoms with Crippen molar-refractivity contribution in [1.82, 2.24) is 10.2 Å². The molecule has 5 nitrogen and oxygen atoms in total. The summed E-state index contributed by atoms with van der Waals surface area (Å²) in [7, 11) is 1.68. The van der Waals surface area contributed by atoms with Crippen LogP contribution in [0.3, 0.4) is 0 Å². The van der Waals surface area contributed by atoms with Crippen LogP contribution in [0.1, 0.15) is 6.92 Å². The van der Waals surface area contributed by atoms with Gasteiger partial charge in [0.15, 0.2) is 0 Å². The van der Waals surface area contributed by atoms with Gasteiger partial charge in [0.05, 0.1) is 6.04 Å². The lowest BCUT2D eigenvalue weighted by atomic mass is 10.2. The molecular weight excluding hydrogens is 240 g/mol. The van der Waals surface area contributed by atoms with Crippen molar-refractivity contribution in [3.63, 3.8) is 0 Å². The molecule has 2 rings (SSSR count). The van der Waals surface area contributed by atoms with Crippen LogP contribution in [0.15, 0.2) is 24.3 Å². The third-order valence-corrected chi connectivity index (χ3v) is 3.72. The summed E-state index contributed by atoms with van der Waals surface area (Å²) in [6, 6.07) is 7.89. The van der Waals surface area contributed by atoms with E-state index >= 15 is 0 Å². The molecule has 1 unspecified atom stereocenters. The number of benzene rings is 1. The minimum Gasteiger partial charge on any atom is -0.399 e. The number of rotatable bonds is 3. The summed E-state index contributed by atoms with van der Waals surface area (Å²) >= 11 is 0. The van der Waals surface area contributed by atoms with Crippen molar-refractivity contribution in [2.24, 2.45) is 0 Å². The fourth-order valence-corrected chi connectivity index (χ4v) is 2.46. The van der Waals surface area contributed by atoms with Gasteiger partial charge in [-0.3, -0.25) is 9.69 Å². The number of carbonyl (C=O) groups excluding carboxylic acids is 1. The van der Waals surface area contributed by atoms with Gasteiger partial charge in [-0.2, -0.15) is 0 Å². The van der Waals surface area contributed by atoms with Crippen LogP contribution in [0.4, 0.5) is 11.4 Å². The summed E-state index contributed by atoms with van der Waals surface area (Å²) in [5.74, 6) is 0.0809. The normalized spacial score (nSPS) is 18.1. The number of nitrogen functional groups attached to an aromatic ring is 1. The lowest BCUT2D eigenvalue weighted by molar-refractivity contribution is -0.125. The second-order valence-corrected chi connectivity index (χ2v) is 4.91. The van der Waals surface area contributed by atoms with E-state index in [1.54, 1.807) is 7.05 Å². The minimum atomic E-state index is -0.0620. The third kappa shape index (κ3) is 3.17. The molecule has 1 atom stereocenters. The molecule has 104 valence electrons. The van der Waals surface area contributed by atoms with Gasteiger partial charge in [0, 0.05) is 44.6 Å². The molecular formula is C14H22N4O. The van der Waals surface area contributed by atoms with Gasteiger partial charge in [0.1, 0.15) is 0 Å². The van der Waals surface area contributed by atoms with E-state index in [4.69, 9.17) is 5.73 Å². The zero-order chi connectivity index (χ0) is 13.8. The molecule has 1 aliphatic rings. The fourth-order valence-electron chi connectivity index (χ4n) is 2.46. The number of anilines is 2. The number of nitrogens with zero attached hydrogens (tertiary/aromatic N) is 2. The number of hydrogen-bond donors (Lipinski definition) is 2. The lowest BCUT2D eigenvalue weighted by Crippen LogP contribution is -2.53.